The van der Waals surface area contributed by atoms with Gasteiger partial charge in [-0.05, 0) is 13.3 Å². The number of ketones is 1. The molecule has 0 amide bonds. The van der Waals surface area contributed by atoms with Gasteiger partial charge in [-0.2, -0.15) is 0 Å². The quantitative estimate of drug-likeness (QED) is 0.396. The minimum absolute atomic E-state index is 0.00105. The number of fused-ring (bicyclic) bond motifs is 3. The molecule has 0 spiro atoms. The van der Waals surface area contributed by atoms with Crippen molar-refractivity contribution in [3.63, 3.8) is 0 Å². The summed E-state index contributed by atoms with van der Waals surface area (Å²) in [5, 5.41) is 9.18. The molecule has 30 heavy (non-hydrogen) atoms. The van der Waals surface area contributed by atoms with Crippen LogP contribution in [0.2, 0.25) is 0 Å². The topological polar surface area (TPSA) is 125 Å². The molecule has 3 atom stereocenters. The number of hydrogen-bond acceptors (Lipinski definition) is 9. The van der Waals surface area contributed by atoms with Crippen molar-refractivity contribution >= 4 is 23.7 Å². The van der Waals surface area contributed by atoms with Gasteiger partial charge in [-0.25, -0.2) is 9.59 Å². The lowest BCUT2D eigenvalue weighted by molar-refractivity contribution is -0.144. The van der Waals surface area contributed by atoms with E-state index in [9.17, 15) is 24.3 Å². The molecule has 0 radical (unpaired) electrons. The molecule has 0 aromatic carbocycles. The maximum Gasteiger partial charge on any atom is 0.343 e. The monoisotopic (exact) mass is 418 g/mol. The average molecular weight is 418 g/mol. The summed E-state index contributed by atoms with van der Waals surface area (Å²) in [6.07, 6.45) is 1.87. The number of aliphatic hydroxyl groups is 1. The van der Waals surface area contributed by atoms with Gasteiger partial charge < -0.3 is 24.1 Å². The largest absolute Gasteiger partial charge is 0.479 e. The first kappa shape index (κ1) is 21.5. The van der Waals surface area contributed by atoms with E-state index in [0.717, 1.165) is 0 Å². The van der Waals surface area contributed by atoms with Gasteiger partial charge in [0.1, 0.15) is 24.2 Å². The molecule has 160 valence electrons. The van der Waals surface area contributed by atoms with Crippen molar-refractivity contribution in [2.75, 3.05) is 13.2 Å². The summed E-state index contributed by atoms with van der Waals surface area (Å²) in [7, 11) is 0. The number of ether oxygens (including phenoxy) is 4. The van der Waals surface area contributed by atoms with E-state index in [-0.39, 0.29) is 40.6 Å². The van der Waals surface area contributed by atoms with Crippen LogP contribution in [0.25, 0.3) is 0 Å². The SMILES string of the molecule is C=C(CO)C(=O)O[C@H]1C[C@H](C)C2=CC(=O)[C@](C)(/C=C3/OC(=O)C(COC(C)=O)=C31)O2. The Balaban J connectivity index is 2.12. The maximum atomic E-state index is 12.5. The minimum atomic E-state index is -1.39. The van der Waals surface area contributed by atoms with Crippen molar-refractivity contribution < 1.29 is 43.2 Å². The molecule has 9 heteroatoms. The van der Waals surface area contributed by atoms with Crippen LogP contribution in [0.5, 0.6) is 0 Å². The third kappa shape index (κ3) is 3.93. The molecule has 0 aromatic rings. The van der Waals surface area contributed by atoms with Gasteiger partial charge in [0.15, 0.2) is 5.60 Å². The van der Waals surface area contributed by atoms with E-state index >= 15 is 0 Å². The summed E-state index contributed by atoms with van der Waals surface area (Å²) >= 11 is 0. The Bertz CT molecular complexity index is 936. The summed E-state index contributed by atoms with van der Waals surface area (Å²) in [6.45, 7) is 6.97. The van der Waals surface area contributed by atoms with Crippen LogP contribution in [0.1, 0.15) is 27.2 Å². The molecule has 2 bridgehead atoms. The Labute approximate surface area is 172 Å². The number of carbonyl (C=O) groups is 4. The molecule has 0 aromatic heterocycles. The van der Waals surface area contributed by atoms with Crippen LogP contribution in [0, 0.1) is 5.92 Å². The first-order valence-electron chi connectivity index (χ1n) is 9.32. The zero-order valence-electron chi connectivity index (χ0n) is 16.9. The van der Waals surface area contributed by atoms with Crippen LogP contribution in [-0.2, 0) is 38.1 Å². The van der Waals surface area contributed by atoms with Crippen LogP contribution >= 0.6 is 0 Å². The summed E-state index contributed by atoms with van der Waals surface area (Å²) in [4.78, 5) is 48.6. The van der Waals surface area contributed by atoms with Gasteiger partial charge in [-0.3, -0.25) is 9.59 Å². The van der Waals surface area contributed by atoms with Crippen molar-refractivity contribution in [2.45, 2.75) is 38.9 Å². The first-order valence-corrected chi connectivity index (χ1v) is 9.32. The Morgan fingerprint density at radius 1 is 1.37 bits per heavy atom. The molecular weight excluding hydrogens is 396 g/mol. The molecule has 0 unspecified atom stereocenters. The summed E-state index contributed by atoms with van der Waals surface area (Å²) in [5.41, 5.74) is -1.37. The van der Waals surface area contributed by atoms with Crippen LogP contribution in [0.3, 0.4) is 0 Å². The third-order valence-electron chi connectivity index (χ3n) is 5.06. The fraction of sp³-hybridized carbons (Fsp3) is 0.429. The van der Waals surface area contributed by atoms with Crippen molar-refractivity contribution in [3.05, 3.63) is 47.0 Å². The maximum absolute atomic E-state index is 12.5. The highest BCUT2D eigenvalue weighted by Gasteiger charge is 2.47. The highest BCUT2D eigenvalue weighted by molar-refractivity contribution is 6.02. The van der Waals surface area contributed by atoms with Gasteiger partial charge in [0.2, 0.25) is 5.78 Å². The normalized spacial score (nSPS) is 29.3. The van der Waals surface area contributed by atoms with E-state index in [1.54, 1.807) is 6.92 Å². The Hall–Kier alpha value is -3.20. The molecular formula is C21H22O9. The Kier molecular flexibility index (Phi) is 5.67. The van der Waals surface area contributed by atoms with E-state index in [1.165, 1.54) is 26.0 Å². The van der Waals surface area contributed by atoms with E-state index in [0.29, 0.717) is 5.76 Å². The van der Waals surface area contributed by atoms with Crippen molar-refractivity contribution in [2.24, 2.45) is 5.92 Å². The molecule has 3 aliphatic heterocycles. The highest BCUT2D eigenvalue weighted by Crippen LogP contribution is 2.42. The van der Waals surface area contributed by atoms with Crippen LogP contribution in [0.4, 0.5) is 0 Å². The lowest BCUT2D eigenvalue weighted by Crippen LogP contribution is -2.31. The second-order valence-corrected chi connectivity index (χ2v) is 7.48. The van der Waals surface area contributed by atoms with E-state index in [4.69, 9.17) is 18.9 Å². The highest BCUT2D eigenvalue weighted by atomic mass is 16.6. The predicted octanol–water partition coefficient (Wildman–Crippen LogP) is 1.03. The number of rotatable bonds is 5. The van der Waals surface area contributed by atoms with Crippen LogP contribution in [-0.4, -0.2) is 53.7 Å². The number of aliphatic hydroxyl groups excluding tert-OH is 1. The summed E-state index contributed by atoms with van der Waals surface area (Å²) in [6, 6.07) is 0. The van der Waals surface area contributed by atoms with E-state index in [1.807, 2.05) is 0 Å². The smallest absolute Gasteiger partial charge is 0.343 e. The van der Waals surface area contributed by atoms with Crippen molar-refractivity contribution in [1.82, 2.24) is 0 Å². The molecule has 0 saturated carbocycles. The lowest BCUT2D eigenvalue weighted by Gasteiger charge is -2.23. The number of hydrogen-bond donors (Lipinski definition) is 1. The second-order valence-electron chi connectivity index (χ2n) is 7.48. The fourth-order valence-electron chi connectivity index (χ4n) is 3.38. The van der Waals surface area contributed by atoms with Crippen LogP contribution in [0.15, 0.2) is 47.0 Å². The van der Waals surface area contributed by atoms with Gasteiger partial charge >= 0.3 is 17.9 Å². The molecule has 3 aliphatic rings. The first-order chi connectivity index (χ1) is 14.1. The Morgan fingerprint density at radius 2 is 2.07 bits per heavy atom. The average Bonchev–Trinajstić information content (AvgIpc) is 3.14. The number of allylic oxidation sites excluding steroid dienone is 1. The van der Waals surface area contributed by atoms with E-state index < -0.39 is 42.8 Å². The van der Waals surface area contributed by atoms with Crippen molar-refractivity contribution in [3.8, 4) is 0 Å². The molecule has 1 N–H and O–H groups in total. The van der Waals surface area contributed by atoms with Gasteiger partial charge in [0.05, 0.1) is 17.8 Å². The number of carbonyl (C=O) groups excluding carboxylic acids is 4. The van der Waals surface area contributed by atoms with Gasteiger partial charge in [-0.1, -0.05) is 13.5 Å². The predicted molar refractivity (Wildman–Crippen MR) is 100 cm³/mol. The Morgan fingerprint density at radius 3 is 2.70 bits per heavy atom. The van der Waals surface area contributed by atoms with Crippen molar-refractivity contribution in [1.29, 1.82) is 0 Å². The summed E-state index contributed by atoms with van der Waals surface area (Å²) < 4.78 is 21.7. The third-order valence-corrected chi connectivity index (χ3v) is 5.06. The summed E-state index contributed by atoms with van der Waals surface area (Å²) in [5.74, 6) is -2.51. The van der Waals surface area contributed by atoms with E-state index in [2.05, 4.69) is 6.58 Å². The molecule has 3 rings (SSSR count). The second kappa shape index (κ2) is 7.91. The number of esters is 3. The zero-order chi connectivity index (χ0) is 22.2. The minimum Gasteiger partial charge on any atom is -0.479 e. The standard InChI is InChI=1S/C21H22O9/c1-10-5-15(28-19(25)11(2)8-22)18-13(9-27-12(3)23)20(26)29-16(18)7-21(4)17(24)6-14(10)30-21/h6-7,10,15,22H,2,5,8-9H2,1,3-4H3/b16-7+/t10-,15-,21-/m0/s1. The zero-order valence-corrected chi connectivity index (χ0v) is 16.9. The molecule has 0 aliphatic carbocycles. The lowest BCUT2D eigenvalue weighted by atomic mass is 9.90. The molecule has 9 nitrogen and oxygen atoms in total. The molecule has 0 fully saturated rings. The molecule has 3 heterocycles. The molecule has 0 saturated heterocycles. The van der Waals surface area contributed by atoms with Gasteiger partial charge in [-0.15, -0.1) is 0 Å². The fourth-order valence-corrected chi connectivity index (χ4v) is 3.38. The van der Waals surface area contributed by atoms with Gasteiger partial charge in [0.25, 0.3) is 0 Å². The van der Waals surface area contributed by atoms with Crippen LogP contribution < -0.4 is 0 Å². The van der Waals surface area contributed by atoms with Gasteiger partial charge in [0, 0.05) is 30.6 Å².